The summed E-state index contributed by atoms with van der Waals surface area (Å²) in [5, 5.41) is 14.0. The number of anilines is 1. The van der Waals surface area contributed by atoms with Gasteiger partial charge in [-0.1, -0.05) is 36.0 Å². The minimum atomic E-state index is 0.0542. The number of halogens is 1. The molecule has 0 radical (unpaired) electrons. The molecule has 0 unspecified atom stereocenters. The van der Waals surface area contributed by atoms with E-state index in [1.807, 2.05) is 54.9 Å². The van der Waals surface area contributed by atoms with E-state index in [-0.39, 0.29) is 5.76 Å². The van der Waals surface area contributed by atoms with Gasteiger partial charge in [0.05, 0.1) is 16.3 Å². The van der Waals surface area contributed by atoms with Gasteiger partial charge in [0.2, 0.25) is 5.76 Å². The zero-order valence-corrected chi connectivity index (χ0v) is 16.2. The number of aliphatic hydroxyl groups excluding tert-OH is 1. The molecule has 0 atom stereocenters. The highest BCUT2D eigenvalue weighted by Crippen LogP contribution is 2.29. The molecular weight excluding hydrogens is 388 g/mol. The van der Waals surface area contributed by atoms with Crippen molar-refractivity contribution < 1.29 is 14.4 Å². The average Bonchev–Trinajstić information content (AvgIpc) is 3.09. The summed E-state index contributed by atoms with van der Waals surface area (Å²) in [5.74, 6) is 0.767. The molecule has 3 aromatic rings. The van der Waals surface area contributed by atoms with Gasteiger partial charge in [-0.05, 0) is 24.3 Å². The fourth-order valence-corrected chi connectivity index (χ4v) is 3.65. The molecule has 0 spiro atoms. The third kappa shape index (κ3) is 4.22. The van der Waals surface area contributed by atoms with E-state index < -0.39 is 0 Å². The molecule has 0 aliphatic rings. The minimum Gasteiger partial charge on any atom is -0.501 e. The third-order valence-corrected chi connectivity index (χ3v) is 5.08. The first-order valence-corrected chi connectivity index (χ1v) is 9.30. The average molecular weight is 404 g/mol. The Bertz CT molecular complexity index is 955. The first-order valence-electron chi connectivity index (χ1n) is 7.69. The quantitative estimate of drug-likeness (QED) is 0.272. The number of hydrogen-bond acceptors (Lipinski definition) is 4. The summed E-state index contributed by atoms with van der Waals surface area (Å²) >= 11 is 12.9. The summed E-state index contributed by atoms with van der Waals surface area (Å²) in [7, 11) is 1.61. The molecule has 0 saturated carbocycles. The number of aliphatic hydroxyl groups is 1. The molecule has 7 heteroatoms. The SMILES string of the molecule is COc1cccc(NC(=S)C(=C(O)c2ccc(Cl)s2)[n+]2ccccc2)c1. The van der Waals surface area contributed by atoms with Crippen LogP contribution in [-0.4, -0.2) is 17.2 Å². The smallest absolute Gasteiger partial charge is 0.289 e. The number of pyridine rings is 1. The van der Waals surface area contributed by atoms with E-state index in [0.29, 0.717) is 25.6 Å². The Balaban J connectivity index is 2.01. The van der Waals surface area contributed by atoms with Crippen molar-refractivity contribution in [2.75, 3.05) is 12.4 Å². The Morgan fingerprint density at radius 3 is 2.58 bits per heavy atom. The first-order chi connectivity index (χ1) is 12.6. The Labute approximate surface area is 166 Å². The standard InChI is InChI=1S/C19H15ClN2O2S2/c1-24-14-7-5-6-13(12-14)21-19(25)17(22-10-3-2-4-11-22)18(23)15-8-9-16(20)26-15/h2-12H,1H3,(H-,21,23,25)/p+1. The second-order valence-corrected chi connectivity index (χ2v) is 7.39. The number of rotatable bonds is 5. The molecule has 0 amide bonds. The van der Waals surface area contributed by atoms with E-state index >= 15 is 0 Å². The van der Waals surface area contributed by atoms with Crippen LogP contribution in [0.25, 0.3) is 11.5 Å². The molecule has 132 valence electrons. The minimum absolute atomic E-state index is 0.0542. The summed E-state index contributed by atoms with van der Waals surface area (Å²) in [6.45, 7) is 0. The lowest BCUT2D eigenvalue weighted by atomic mass is 10.2. The molecule has 4 nitrogen and oxygen atoms in total. The Hall–Kier alpha value is -2.41. The number of aromatic nitrogens is 1. The van der Waals surface area contributed by atoms with Crippen molar-refractivity contribution in [3.05, 3.63) is 76.2 Å². The predicted molar refractivity (Wildman–Crippen MR) is 111 cm³/mol. The lowest BCUT2D eigenvalue weighted by Gasteiger charge is -2.10. The highest BCUT2D eigenvalue weighted by Gasteiger charge is 2.24. The maximum atomic E-state index is 10.9. The monoisotopic (exact) mass is 403 g/mol. The van der Waals surface area contributed by atoms with Gasteiger partial charge in [0.1, 0.15) is 5.75 Å². The normalized spacial score (nSPS) is 11.6. The number of benzene rings is 1. The van der Waals surface area contributed by atoms with Gasteiger partial charge in [-0.15, -0.1) is 11.3 Å². The van der Waals surface area contributed by atoms with Crippen LogP contribution in [0, 0.1) is 0 Å². The van der Waals surface area contributed by atoms with Crippen LogP contribution in [-0.2, 0) is 0 Å². The molecule has 0 aliphatic carbocycles. The van der Waals surface area contributed by atoms with Crippen LogP contribution in [0.4, 0.5) is 5.69 Å². The summed E-state index contributed by atoms with van der Waals surface area (Å²) in [4.78, 5) is 1.01. The molecule has 0 saturated heterocycles. The van der Waals surface area contributed by atoms with Gasteiger partial charge in [0.15, 0.2) is 17.4 Å². The second kappa shape index (κ2) is 8.31. The molecule has 2 heterocycles. The van der Waals surface area contributed by atoms with Crippen molar-refractivity contribution in [2.45, 2.75) is 0 Å². The van der Waals surface area contributed by atoms with Gasteiger partial charge < -0.3 is 15.2 Å². The first kappa shape index (κ1) is 18.4. The number of nitrogens with one attached hydrogen (secondary N) is 1. The van der Waals surface area contributed by atoms with Crippen LogP contribution < -0.4 is 14.6 Å². The van der Waals surface area contributed by atoms with Gasteiger partial charge in [0, 0.05) is 23.9 Å². The van der Waals surface area contributed by atoms with E-state index in [1.54, 1.807) is 23.8 Å². The maximum Gasteiger partial charge on any atom is 0.289 e. The van der Waals surface area contributed by atoms with Crippen LogP contribution in [0.1, 0.15) is 4.88 Å². The van der Waals surface area contributed by atoms with Gasteiger partial charge in [-0.2, -0.15) is 4.57 Å². The zero-order valence-electron chi connectivity index (χ0n) is 13.8. The van der Waals surface area contributed by atoms with Crippen LogP contribution in [0.15, 0.2) is 67.0 Å². The lowest BCUT2D eigenvalue weighted by molar-refractivity contribution is -0.575. The number of hydrogen-bond donors (Lipinski definition) is 2. The van der Waals surface area contributed by atoms with Gasteiger partial charge in [-0.3, -0.25) is 0 Å². The van der Waals surface area contributed by atoms with E-state index in [9.17, 15) is 5.11 Å². The molecule has 3 rings (SSSR count). The number of nitrogens with zero attached hydrogens (tertiary/aromatic N) is 1. The molecule has 0 bridgehead atoms. The van der Waals surface area contributed by atoms with Crippen LogP contribution in [0.5, 0.6) is 5.75 Å². The number of thiocarbonyl (C=S) groups is 1. The molecule has 2 N–H and O–H groups in total. The predicted octanol–water partition coefficient (Wildman–Crippen LogP) is 5.02. The van der Waals surface area contributed by atoms with Crippen molar-refractivity contribution in [1.29, 1.82) is 0 Å². The molecule has 2 aromatic heterocycles. The van der Waals surface area contributed by atoms with Crippen LogP contribution in [0.3, 0.4) is 0 Å². The Morgan fingerprint density at radius 1 is 1.15 bits per heavy atom. The summed E-state index contributed by atoms with van der Waals surface area (Å²) in [6, 6.07) is 16.5. The van der Waals surface area contributed by atoms with Crippen molar-refractivity contribution in [3.8, 4) is 5.75 Å². The highest BCUT2D eigenvalue weighted by molar-refractivity contribution is 7.81. The zero-order chi connectivity index (χ0) is 18.5. The Kier molecular flexibility index (Phi) is 5.88. The number of ether oxygens (including phenoxy) is 1. The van der Waals surface area contributed by atoms with Crippen molar-refractivity contribution in [2.24, 2.45) is 0 Å². The van der Waals surface area contributed by atoms with Gasteiger partial charge >= 0.3 is 0 Å². The summed E-state index contributed by atoms with van der Waals surface area (Å²) in [5.41, 5.74) is 1.22. The van der Waals surface area contributed by atoms with E-state index in [0.717, 1.165) is 5.69 Å². The Morgan fingerprint density at radius 2 is 1.92 bits per heavy atom. The molecule has 0 aliphatic heterocycles. The van der Waals surface area contributed by atoms with Gasteiger partial charge in [-0.25, -0.2) is 0 Å². The molecule has 26 heavy (non-hydrogen) atoms. The topological polar surface area (TPSA) is 45.4 Å². The second-order valence-electron chi connectivity index (χ2n) is 5.27. The number of methoxy groups -OCH3 is 1. The van der Waals surface area contributed by atoms with E-state index in [4.69, 9.17) is 28.6 Å². The van der Waals surface area contributed by atoms with E-state index in [1.165, 1.54) is 11.3 Å². The molecular formula is C19H16ClN2O2S2+. The van der Waals surface area contributed by atoms with Crippen LogP contribution in [0.2, 0.25) is 4.34 Å². The fourth-order valence-electron chi connectivity index (χ4n) is 2.34. The summed E-state index contributed by atoms with van der Waals surface area (Å²) in [6.07, 6.45) is 3.64. The van der Waals surface area contributed by atoms with Crippen molar-refractivity contribution in [3.63, 3.8) is 0 Å². The molecule has 0 fully saturated rings. The van der Waals surface area contributed by atoms with Crippen LogP contribution >= 0.6 is 35.2 Å². The fraction of sp³-hybridized carbons (Fsp3) is 0.0526. The largest absolute Gasteiger partial charge is 0.501 e. The van der Waals surface area contributed by atoms with Gasteiger partial charge in [0.25, 0.3) is 5.70 Å². The third-order valence-electron chi connectivity index (χ3n) is 3.55. The lowest BCUT2D eigenvalue weighted by Crippen LogP contribution is -2.38. The highest BCUT2D eigenvalue weighted by atomic mass is 35.5. The number of thiophene rings is 1. The summed E-state index contributed by atoms with van der Waals surface area (Å²) < 4.78 is 7.59. The maximum absolute atomic E-state index is 10.9. The molecule has 1 aromatic carbocycles. The van der Waals surface area contributed by atoms with Crippen molar-refractivity contribution in [1.82, 2.24) is 0 Å². The van der Waals surface area contributed by atoms with Crippen molar-refractivity contribution >= 4 is 57.3 Å². The van der Waals surface area contributed by atoms with E-state index in [2.05, 4.69) is 5.32 Å².